The van der Waals surface area contributed by atoms with Crippen molar-refractivity contribution in [3.63, 3.8) is 0 Å². The van der Waals surface area contributed by atoms with Gasteiger partial charge in [0.1, 0.15) is 11.9 Å². The van der Waals surface area contributed by atoms with E-state index in [1.807, 2.05) is 0 Å². The van der Waals surface area contributed by atoms with E-state index in [9.17, 15) is 9.59 Å². The lowest BCUT2D eigenvalue weighted by molar-refractivity contribution is -0.111. The van der Waals surface area contributed by atoms with Crippen molar-refractivity contribution in [1.29, 1.82) is 0 Å². The van der Waals surface area contributed by atoms with Gasteiger partial charge in [-0.1, -0.05) is 17.7 Å². The van der Waals surface area contributed by atoms with E-state index in [4.69, 9.17) is 16.3 Å². The first kappa shape index (κ1) is 16.5. The lowest BCUT2D eigenvalue weighted by atomic mass is 9.86. The molecular weight excluding hydrogens is 278 g/mol. The SMILES string of the molecule is CC(C)(C)OC(=O)Nc1ccc(C(C)(C)C=O)c(Cl)c1. The monoisotopic (exact) mass is 297 g/mol. The molecule has 0 saturated carbocycles. The average molecular weight is 298 g/mol. The summed E-state index contributed by atoms with van der Waals surface area (Å²) >= 11 is 6.16. The maximum absolute atomic E-state index is 11.6. The van der Waals surface area contributed by atoms with E-state index in [0.29, 0.717) is 16.3 Å². The summed E-state index contributed by atoms with van der Waals surface area (Å²) in [5.74, 6) is 0. The quantitative estimate of drug-likeness (QED) is 0.852. The van der Waals surface area contributed by atoms with Gasteiger partial charge in [0, 0.05) is 16.1 Å². The van der Waals surface area contributed by atoms with E-state index < -0.39 is 17.1 Å². The molecule has 0 heterocycles. The smallest absolute Gasteiger partial charge is 0.412 e. The number of carbonyl (C=O) groups excluding carboxylic acids is 2. The molecule has 0 aliphatic carbocycles. The molecule has 0 aliphatic heterocycles. The van der Waals surface area contributed by atoms with E-state index in [2.05, 4.69) is 5.32 Å². The molecule has 0 aromatic heterocycles. The molecule has 0 bridgehead atoms. The molecule has 5 heteroatoms. The second kappa shape index (κ2) is 5.83. The van der Waals surface area contributed by atoms with E-state index in [1.54, 1.807) is 52.8 Å². The van der Waals surface area contributed by atoms with Crippen LogP contribution < -0.4 is 5.32 Å². The van der Waals surface area contributed by atoms with Gasteiger partial charge >= 0.3 is 6.09 Å². The molecule has 1 aromatic rings. The zero-order chi connectivity index (χ0) is 15.6. The van der Waals surface area contributed by atoms with Gasteiger partial charge in [0.25, 0.3) is 0 Å². The second-order valence-electron chi connectivity index (χ2n) is 6.16. The third kappa shape index (κ3) is 4.53. The third-order valence-electron chi connectivity index (χ3n) is 2.60. The molecule has 1 aromatic carbocycles. The minimum atomic E-state index is -0.665. The number of hydrogen-bond donors (Lipinski definition) is 1. The predicted octanol–water partition coefficient (Wildman–Crippen LogP) is 4.16. The van der Waals surface area contributed by atoms with Crippen LogP contribution in [0.15, 0.2) is 18.2 Å². The van der Waals surface area contributed by atoms with Crippen LogP contribution in [-0.4, -0.2) is 18.0 Å². The minimum Gasteiger partial charge on any atom is -0.444 e. The maximum Gasteiger partial charge on any atom is 0.412 e. The number of anilines is 1. The van der Waals surface area contributed by atoms with E-state index in [1.165, 1.54) is 0 Å². The summed E-state index contributed by atoms with van der Waals surface area (Å²) in [4.78, 5) is 22.7. The van der Waals surface area contributed by atoms with Crippen molar-refractivity contribution in [3.05, 3.63) is 28.8 Å². The van der Waals surface area contributed by atoms with Gasteiger partial charge in [-0.3, -0.25) is 5.32 Å². The summed E-state index contributed by atoms with van der Waals surface area (Å²) in [6.45, 7) is 8.92. The Bertz CT molecular complexity index is 518. The molecular formula is C15H20ClNO3. The van der Waals surface area contributed by atoms with Gasteiger partial charge in [-0.25, -0.2) is 4.79 Å². The number of carbonyl (C=O) groups is 2. The Balaban J connectivity index is 2.89. The van der Waals surface area contributed by atoms with Crippen molar-refractivity contribution < 1.29 is 14.3 Å². The van der Waals surface area contributed by atoms with Crippen molar-refractivity contribution in [2.45, 2.75) is 45.6 Å². The summed E-state index contributed by atoms with van der Waals surface area (Å²) < 4.78 is 5.15. The molecule has 0 atom stereocenters. The lowest BCUT2D eigenvalue weighted by Gasteiger charge is -2.21. The molecule has 0 unspecified atom stereocenters. The number of halogens is 1. The third-order valence-corrected chi connectivity index (χ3v) is 2.92. The molecule has 1 N–H and O–H groups in total. The fourth-order valence-corrected chi connectivity index (χ4v) is 2.02. The topological polar surface area (TPSA) is 55.4 Å². The molecule has 0 aliphatic rings. The van der Waals surface area contributed by atoms with Gasteiger partial charge < -0.3 is 9.53 Å². The zero-order valence-corrected chi connectivity index (χ0v) is 13.2. The van der Waals surface area contributed by atoms with Crippen LogP contribution in [0.3, 0.4) is 0 Å². The molecule has 0 fully saturated rings. The van der Waals surface area contributed by atoms with Crippen molar-refractivity contribution in [2.24, 2.45) is 0 Å². The molecule has 4 nitrogen and oxygen atoms in total. The average Bonchev–Trinajstić information content (AvgIpc) is 2.25. The highest BCUT2D eigenvalue weighted by Gasteiger charge is 2.23. The number of ether oxygens (including phenoxy) is 1. The van der Waals surface area contributed by atoms with Crippen molar-refractivity contribution in [1.82, 2.24) is 0 Å². The van der Waals surface area contributed by atoms with Crippen LogP contribution in [0.25, 0.3) is 0 Å². The minimum absolute atomic E-state index is 0.427. The predicted molar refractivity (Wildman–Crippen MR) is 80.4 cm³/mol. The standard InChI is InChI=1S/C15H20ClNO3/c1-14(2,3)20-13(19)17-10-6-7-11(12(16)8-10)15(4,5)9-18/h6-9H,1-5H3,(H,17,19). The Morgan fingerprint density at radius 3 is 2.30 bits per heavy atom. The van der Waals surface area contributed by atoms with Crippen LogP contribution in [0.2, 0.25) is 5.02 Å². The molecule has 0 spiro atoms. The van der Waals surface area contributed by atoms with Gasteiger partial charge in [-0.15, -0.1) is 0 Å². The largest absolute Gasteiger partial charge is 0.444 e. The normalized spacial score (nSPS) is 11.9. The number of amides is 1. The van der Waals surface area contributed by atoms with Crippen LogP contribution in [0.5, 0.6) is 0 Å². The summed E-state index contributed by atoms with van der Waals surface area (Å²) in [6.07, 6.45) is 0.297. The highest BCUT2D eigenvalue weighted by atomic mass is 35.5. The van der Waals surface area contributed by atoms with E-state index in [0.717, 1.165) is 6.29 Å². The fraction of sp³-hybridized carbons (Fsp3) is 0.467. The Morgan fingerprint density at radius 1 is 1.25 bits per heavy atom. The lowest BCUT2D eigenvalue weighted by Crippen LogP contribution is -2.27. The van der Waals surface area contributed by atoms with Crippen LogP contribution in [0, 0.1) is 0 Å². The van der Waals surface area contributed by atoms with Crippen LogP contribution >= 0.6 is 11.6 Å². The van der Waals surface area contributed by atoms with Crippen molar-refractivity contribution >= 4 is 29.7 Å². The summed E-state index contributed by atoms with van der Waals surface area (Å²) in [5.41, 5.74) is 0.00750. The molecule has 0 radical (unpaired) electrons. The van der Waals surface area contributed by atoms with E-state index in [-0.39, 0.29) is 0 Å². The van der Waals surface area contributed by atoms with Gasteiger partial charge in [0.05, 0.1) is 0 Å². The van der Waals surface area contributed by atoms with E-state index >= 15 is 0 Å². The fourth-order valence-electron chi connectivity index (χ4n) is 1.60. The Hall–Kier alpha value is -1.55. The number of nitrogens with one attached hydrogen (secondary N) is 1. The zero-order valence-electron chi connectivity index (χ0n) is 12.4. The summed E-state index contributed by atoms with van der Waals surface area (Å²) in [7, 11) is 0. The van der Waals surface area contributed by atoms with Gasteiger partial charge in [-0.05, 0) is 52.3 Å². The van der Waals surface area contributed by atoms with Gasteiger partial charge in [-0.2, -0.15) is 0 Å². The Kier molecular flexibility index (Phi) is 4.81. The van der Waals surface area contributed by atoms with Crippen LogP contribution in [-0.2, 0) is 14.9 Å². The van der Waals surface area contributed by atoms with Gasteiger partial charge in [0.15, 0.2) is 0 Å². The number of aldehydes is 1. The highest BCUT2D eigenvalue weighted by molar-refractivity contribution is 6.32. The summed E-state index contributed by atoms with van der Waals surface area (Å²) in [6, 6.07) is 5.02. The first-order valence-corrected chi connectivity index (χ1v) is 6.69. The number of rotatable bonds is 3. The molecule has 110 valence electrons. The maximum atomic E-state index is 11.6. The van der Waals surface area contributed by atoms with Crippen molar-refractivity contribution in [3.8, 4) is 0 Å². The first-order chi connectivity index (χ1) is 9.05. The molecule has 20 heavy (non-hydrogen) atoms. The van der Waals surface area contributed by atoms with Gasteiger partial charge in [0.2, 0.25) is 0 Å². The molecule has 1 rings (SSSR count). The second-order valence-corrected chi connectivity index (χ2v) is 6.57. The molecule has 0 saturated heterocycles. The number of hydrogen-bond acceptors (Lipinski definition) is 3. The molecule has 1 amide bonds. The van der Waals surface area contributed by atoms with Crippen LogP contribution in [0.4, 0.5) is 10.5 Å². The Morgan fingerprint density at radius 2 is 1.85 bits per heavy atom. The number of benzene rings is 1. The Labute approximate surface area is 124 Å². The van der Waals surface area contributed by atoms with Crippen molar-refractivity contribution in [2.75, 3.05) is 5.32 Å². The van der Waals surface area contributed by atoms with Crippen LogP contribution in [0.1, 0.15) is 40.2 Å². The highest BCUT2D eigenvalue weighted by Crippen LogP contribution is 2.30. The summed E-state index contributed by atoms with van der Waals surface area (Å²) in [5, 5.41) is 3.03. The first-order valence-electron chi connectivity index (χ1n) is 6.31.